The molecule has 0 unspecified atom stereocenters. The molecular formula is C8H9S2+. The predicted molar refractivity (Wildman–Crippen MR) is 51.7 cm³/mol. The monoisotopic (exact) mass is 169 g/mol. The maximum atomic E-state index is 3.70. The quantitative estimate of drug-likeness (QED) is 0.289. The predicted octanol–water partition coefficient (Wildman–Crippen LogP) is 2.25. The van der Waals surface area contributed by atoms with E-state index in [2.05, 4.69) is 30.1 Å². The smallest absolute Gasteiger partial charge is 0.0625 e. The highest BCUT2D eigenvalue weighted by molar-refractivity contribution is 8.07. The molecule has 2 heteroatoms. The van der Waals surface area contributed by atoms with E-state index in [-0.39, 0.29) is 0 Å². The van der Waals surface area contributed by atoms with Crippen LogP contribution in [-0.4, -0.2) is 11.0 Å². The van der Waals surface area contributed by atoms with E-state index in [4.69, 9.17) is 0 Å². The van der Waals surface area contributed by atoms with Gasteiger partial charge in [-0.3, -0.25) is 0 Å². The lowest BCUT2D eigenvalue weighted by Crippen LogP contribution is -1.72. The molecule has 0 radical (unpaired) electrons. The van der Waals surface area contributed by atoms with Crippen molar-refractivity contribution in [3.8, 4) is 0 Å². The van der Waals surface area contributed by atoms with E-state index in [9.17, 15) is 0 Å². The van der Waals surface area contributed by atoms with Crippen molar-refractivity contribution >= 4 is 29.0 Å². The van der Waals surface area contributed by atoms with E-state index in [1.807, 2.05) is 17.8 Å². The summed E-state index contributed by atoms with van der Waals surface area (Å²) in [6.45, 7) is 0. The Kier molecular flexibility index (Phi) is 3.47. The highest BCUT2D eigenvalue weighted by atomic mass is 32.2. The summed E-state index contributed by atoms with van der Waals surface area (Å²) in [5.74, 6) is 3.70. The molecule has 1 aromatic rings. The van der Waals surface area contributed by atoms with Gasteiger partial charge in [-0.05, 0) is 12.1 Å². The van der Waals surface area contributed by atoms with Crippen LogP contribution < -0.4 is 0 Å². The molecule has 0 bridgehead atoms. The van der Waals surface area contributed by atoms with Crippen LogP contribution in [0.1, 0.15) is 0 Å². The number of rotatable bonds is 3. The van der Waals surface area contributed by atoms with Crippen LogP contribution in [-0.2, 0) is 11.4 Å². The van der Waals surface area contributed by atoms with Gasteiger partial charge in [-0.15, -0.1) is 0 Å². The maximum Gasteiger partial charge on any atom is 0.224 e. The van der Waals surface area contributed by atoms with Crippen molar-refractivity contribution in [3.63, 3.8) is 0 Å². The molecule has 10 heavy (non-hydrogen) atoms. The summed E-state index contributed by atoms with van der Waals surface area (Å²) in [5, 5.41) is 1.03. The van der Waals surface area contributed by atoms with Crippen molar-refractivity contribution in [1.29, 1.82) is 0 Å². The molecule has 0 aromatic heterocycles. The van der Waals surface area contributed by atoms with Gasteiger partial charge < -0.3 is 0 Å². The Labute approximate surface area is 69.6 Å². The van der Waals surface area contributed by atoms with Gasteiger partial charge in [-0.25, -0.2) is 0 Å². The number of hydrogen-bond acceptors (Lipinski definition) is 1. The third kappa shape index (κ3) is 2.50. The van der Waals surface area contributed by atoms with Crippen LogP contribution in [0.5, 0.6) is 0 Å². The van der Waals surface area contributed by atoms with Gasteiger partial charge in [0.2, 0.25) is 5.08 Å². The van der Waals surface area contributed by atoms with Gasteiger partial charge in [0, 0.05) is 4.90 Å². The third-order valence-corrected chi connectivity index (χ3v) is 2.80. The van der Waals surface area contributed by atoms with Crippen LogP contribution in [0.3, 0.4) is 0 Å². The van der Waals surface area contributed by atoms with Gasteiger partial charge in [-0.2, -0.15) is 0 Å². The summed E-state index contributed by atoms with van der Waals surface area (Å²) in [4.78, 5) is 1.32. The number of benzene rings is 1. The molecule has 0 aliphatic rings. The number of hydrogen-bond donors (Lipinski definition) is 0. The minimum atomic E-state index is 1.03. The normalized spacial score (nSPS) is 9.20. The largest absolute Gasteiger partial charge is 0.224 e. The SMILES string of the molecule is C=[S+]CSc1ccccc1. The molecule has 0 aliphatic heterocycles. The van der Waals surface area contributed by atoms with Crippen LogP contribution in [0.2, 0.25) is 0 Å². The Hall–Kier alpha value is -0.340. The molecule has 52 valence electrons. The highest BCUT2D eigenvalue weighted by Gasteiger charge is 1.93. The molecular weight excluding hydrogens is 160 g/mol. The Morgan fingerprint density at radius 3 is 2.60 bits per heavy atom. The first-order valence-electron chi connectivity index (χ1n) is 2.98. The molecule has 0 amide bonds. The summed E-state index contributed by atoms with van der Waals surface area (Å²) in [6.07, 6.45) is 0. The van der Waals surface area contributed by atoms with Gasteiger partial charge >= 0.3 is 0 Å². The van der Waals surface area contributed by atoms with Gasteiger partial charge in [0.05, 0.1) is 0 Å². The topological polar surface area (TPSA) is 0 Å². The highest BCUT2D eigenvalue weighted by Crippen LogP contribution is 2.15. The van der Waals surface area contributed by atoms with E-state index in [0.29, 0.717) is 0 Å². The standard InChI is InChI=1S/C8H9S2/c1-9-7-10-8-5-3-2-4-6-8/h2-6H,1,7H2/q+1. The zero-order valence-corrected chi connectivity index (χ0v) is 7.25. The summed E-state index contributed by atoms with van der Waals surface area (Å²) in [7, 11) is 0. The fourth-order valence-corrected chi connectivity index (χ4v) is 1.85. The van der Waals surface area contributed by atoms with Crippen LogP contribution in [0.4, 0.5) is 0 Å². The molecule has 0 atom stereocenters. The van der Waals surface area contributed by atoms with Crippen molar-refractivity contribution < 1.29 is 0 Å². The molecule has 0 saturated carbocycles. The second-order valence-electron chi connectivity index (χ2n) is 1.78. The lowest BCUT2D eigenvalue weighted by molar-refractivity contribution is 1.47. The van der Waals surface area contributed by atoms with Crippen LogP contribution in [0.25, 0.3) is 0 Å². The average molecular weight is 169 g/mol. The molecule has 0 aliphatic carbocycles. The molecule has 0 heterocycles. The van der Waals surface area contributed by atoms with E-state index in [1.165, 1.54) is 4.90 Å². The second kappa shape index (κ2) is 4.47. The lowest BCUT2D eigenvalue weighted by Gasteiger charge is -1.89. The number of thioether (sulfide) groups is 1. The molecule has 0 nitrogen and oxygen atoms in total. The van der Waals surface area contributed by atoms with Crippen molar-refractivity contribution in [1.82, 2.24) is 0 Å². The van der Waals surface area contributed by atoms with Crippen LogP contribution in [0, 0.1) is 0 Å². The van der Waals surface area contributed by atoms with E-state index in [1.54, 1.807) is 11.4 Å². The summed E-state index contributed by atoms with van der Waals surface area (Å²) in [5.41, 5.74) is 0. The average Bonchev–Trinajstić information content (AvgIpc) is 2.03. The van der Waals surface area contributed by atoms with Crippen molar-refractivity contribution in [2.75, 3.05) is 5.08 Å². The van der Waals surface area contributed by atoms with Crippen molar-refractivity contribution in [2.24, 2.45) is 0 Å². The van der Waals surface area contributed by atoms with Gasteiger partial charge in [-0.1, -0.05) is 30.0 Å². The third-order valence-electron chi connectivity index (χ3n) is 1.05. The summed E-state index contributed by atoms with van der Waals surface area (Å²) >= 11 is 3.43. The van der Waals surface area contributed by atoms with E-state index < -0.39 is 0 Å². The minimum absolute atomic E-state index is 1.03. The first-order valence-corrected chi connectivity index (χ1v) is 5.12. The van der Waals surface area contributed by atoms with Gasteiger partial charge in [0.25, 0.3) is 0 Å². The zero-order chi connectivity index (χ0) is 7.23. The lowest BCUT2D eigenvalue weighted by atomic mass is 10.4. The second-order valence-corrected chi connectivity index (χ2v) is 3.89. The van der Waals surface area contributed by atoms with E-state index in [0.717, 1.165) is 5.08 Å². The fourth-order valence-electron chi connectivity index (χ4n) is 0.626. The molecule has 0 spiro atoms. The summed E-state index contributed by atoms with van der Waals surface area (Å²) in [6, 6.07) is 10.4. The Morgan fingerprint density at radius 2 is 2.00 bits per heavy atom. The zero-order valence-electron chi connectivity index (χ0n) is 5.62. The Balaban J connectivity index is 2.50. The Morgan fingerprint density at radius 1 is 1.30 bits per heavy atom. The van der Waals surface area contributed by atoms with Crippen LogP contribution in [0.15, 0.2) is 35.2 Å². The first-order chi connectivity index (χ1) is 4.93. The fraction of sp³-hybridized carbons (Fsp3) is 0.125. The summed E-state index contributed by atoms with van der Waals surface area (Å²) < 4.78 is 0. The molecule has 1 aromatic carbocycles. The molecule has 0 fully saturated rings. The minimum Gasteiger partial charge on any atom is -0.0625 e. The Bertz CT molecular complexity index is 194. The molecule has 0 N–H and O–H groups in total. The van der Waals surface area contributed by atoms with Crippen LogP contribution >= 0.6 is 11.8 Å². The van der Waals surface area contributed by atoms with Crippen molar-refractivity contribution in [3.05, 3.63) is 30.3 Å². The molecule has 1 rings (SSSR count). The first kappa shape index (κ1) is 7.76. The van der Waals surface area contributed by atoms with Gasteiger partial charge in [0.1, 0.15) is 0 Å². The van der Waals surface area contributed by atoms with Gasteiger partial charge in [0.15, 0.2) is 17.2 Å². The molecule has 0 saturated heterocycles. The van der Waals surface area contributed by atoms with E-state index >= 15 is 0 Å². The van der Waals surface area contributed by atoms with Crippen molar-refractivity contribution in [2.45, 2.75) is 4.90 Å². The maximum absolute atomic E-state index is 3.70.